The predicted molar refractivity (Wildman–Crippen MR) is 54.4 cm³/mol. The van der Waals surface area contributed by atoms with Gasteiger partial charge in [-0.1, -0.05) is 25.5 Å². The second-order valence-electron chi connectivity index (χ2n) is 3.46. The van der Waals surface area contributed by atoms with Gasteiger partial charge >= 0.3 is 6.18 Å². The number of hydrogen-bond donors (Lipinski definition) is 0. The molecule has 88 valence electrons. The molecule has 0 atom stereocenters. The summed E-state index contributed by atoms with van der Waals surface area (Å²) in [4.78, 5) is 0. The molecule has 0 aliphatic carbocycles. The van der Waals surface area contributed by atoms with Gasteiger partial charge in [-0.2, -0.15) is 13.2 Å². The van der Waals surface area contributed by atoms with E-state index in [-0.39, 0.29) is 5.76 Å². The zero-order valence-corrected chi connectivity index (χ0v) is 9.16. The van der Waals surface area contributed by atoms with Crippen molar-refractivity contribution in [2.24, 2.45) is 0 Å². The highest BCUT2D eigenvalue weighted by Crippen LogP contribution is 2.17. The molecule has 0 unspecified atom stereocenters. The first-order valence-electron chi connectivity index (χ1n) is 4.90. The number of rotatable bonds is 6. The summed E-state index contributed by atoms with van der Waals surface area (Å²) in [5, 5.41) is 0. The molecule has 0 saturated heterocycles. The van der Waals surface area contributed by atoms with E-state index in [1.54, 1.807) is 6.08 Å². The molecule has 0 amide bonds. The fraction of sp³-hybridized carbons (Fsp3) is 0.636. The molecular weight excluding hydrogens is 205 g/mol. The van der Waals surface area contributed by atoms with Crippen LogP contribution in [0.4, 0.5) is 13.2 Å². The average Bonchev–Trinajstić information content (AvgIpc) is 2.10. The Morgan fingerprint density at radius 3 is 2.47 bits per heavy atom. The van der Waals surface area contributed by atoms with Crippen LogP contribution in [0.15, 0.2) is 24.0 Å². The molecule has 0 saturated carbocycles. The summed E-state index contributed by atoms with van der Waals surface area (Å²) in [5.41, 5.74) is 0.990. The van der Waals surface area contributed by atoms with Crippen molar-refractivity contribution in [3.8, 4) is 0 Å². The first kappa shape index (κ1) is 14.1. The van der Waals surface area contributed by atoms with Gasteiger partial charge in [0.1, 0.15) is 5.76 Å². The topological polar surface area (TPSA) is 9.23 Å². The Balaban J connectivity index is 3.91. The minimum absolute atomic E-state index is 0.0703. The number of allylic oxidation sites excluding steroid dienone is 2. The molecule has 1 nitrogen and oxygen atoms in total. The third-order valence-corrected chi connectivity index (χ3v) is 1.75. The van der Waals surface area contributed by atoms with Crippen LogP contribution >= 0.6 is 0 Å². The van der Waals surface area contributed by atoms with E-state index in [0.29, 0.717) is 0 Å². The lowest BCUT2D eigenvalue weighted by Crippen LogP contribution is -2.16. The Morgan fingerprint density at radius 2 is 2.00 bits per heavy atom. The van der Waals surface area contributed by atoms with Crippen LogP contribution in [0.5, 0.6) is 0 Å². The Hall–Kier alpha value is -0.930. The molecule has 0 aromatic heterocycles. The molecule has 0 bridgehead atoms. The number of halogens is 3. The second kappa shape index (κ2) is 6.53. The second-order valence-corrected chi connectivity index (χ2v) is 3.46. The van der Waals surface area contributed by atoms with Crippen LogP contribution in [-0.2, 0) is 4.74 Å². The van der Waals surface area contributed by atoms with Gasteiger partial charge < -0.3 is 4.74 Å². The molecule has 0 spiro atoms. The number of hydrogen-bond acceptors (Lipinski definition) is 1. The molecule has 15 heavy (non-hydrogen) atoms. The Bertz CT molecular complexity index is 228. The van der Waals surface area contributed by atoms with Crippen molar-refractivity contribution in [2.45, 2.75) is 39.3 Å². The van der Waals surface area contributed by atoms with Gasteiger partial charge in [0.15, 0.2) is 6.61 Å². The highest BCUT2D eigenvalue weighted by atomic mass is 19.4. The van der Waals surface area contributed by atoms with Crippen LogP contribution in [0.25, 0.3) is 0 Å². The van der Waals surface area contributed by atoms with E-state index in [9.17, 15) is 13.2 Å². The average molecular weight is 222 g/mol. The summed E-state index contributed by atoms with van der Waals surface area (Å²) in [6, 6.07) is 0. The quantitative estimate of drug-likeness (QED) is 0.483. The van der Waals surface area contributed by atoms with Gasteiger partial charge in [0.05, 0.1) is 0 Å². The molecular formula is C11H17F3O. The van der Waals surface area contributed by atoms with E-state index in [2.05, 4.69) is 18.2 Å². The molecule has 0 aromatic rings. The largest absolute Gasteiger partial charge is 0.485 e. The molecule has 0 aliphatic heterocycles. The monoisotopic (exact) mass is 222 g/mol. The van der Waals surface area contributed by atoms with Crippen LogP contribution in [0, 0.1) is 0 Å². The van der Waals surface area contributed by atoms with E-state index >= 15 is 0 Å². The van der Waals surface area contributed by atoms with Gasteiger partial charge in [-0.05, 0) is 25.8 Å². The summed E-state index contributed by atoms with van der Waals surface area (Å²) < 4.78 is 39.8. The van der Waals surface area contributed by atoms with E-state index in [4.69, 9.17) is 0 Å². The van der Waals surface area contributed by atoms with E-state index < -0.39 is 12.8 Å². The molecule has 4 heteroatoms. The number of alkyl halides is 3. The summed E-state index contributed by atoms with van der Waals surface area (Å²) in [6.45, 7) is 6.05. The van der Waals surface area contributed by atoms with Crippen molar-refractivity contribution in [2.75, 3.05) is 6.61 Å². The standard InChI is InChI=1S/C11H17F3O/c1-4-5-6-9(2)7-10(3)15-8-11(12,13)14/h7H,3-6,8H2,1-2H3/b9-7+. The third kappa shape index (κ3) is 9.38. The van der Waals surface area contributed by atoms with Crippen LogP contribution in [0.1, 0.15) is 33.1 Å². The summed E-state index contributed by atoms with van der Waals surface area (Å²) in [5.74, 6) is 0.0703. The lowest BCUT2D eigenvalue weighted by Gasteiger charge is -2.09. The van der Waals surface area contributed by atoms with Crippen LogP contribution < -0.4 is 0 Å². The Kier molecular flexibility index (Phi) is 6.13. The van der Waals surface area contributed by atoms with Crippen molar-refractivity contribution in [3.63, 3.8) is 0 Å². The molecule has 0 N–H and O–H groups in total. The predicted octanol–water partition coefficient (Wildman–Crippen LogP) is 4.22. The van der Waals surface area contributed by atoms with Crippen LogP contribution in [-0.4, -0.2) is 12.8 Å². The van der Waals surface area contributed by atoms with E-state index in [1.165, 1.54) is 0 Å². The molecule has 0 fully saturated rings. The van der Waals surface area contributed by atoms with E-state index in [1.807, 2.05) is 6.92 Å². The Morgan fingerprint density at radius 1 is 1.40 bits per heavy atom. The minimum Gasteiger partial charge on any atom is -0.485 e. The van der Waals surface area contributed by atoms with Crippen LogP contribution in [0.2, 0.25) is 0 Å². The number of unbranched alkanes of at least 4 members (excludes halogenated alkanes) is 1. The van der Waals surface area contributed by atoms with Crippen molar-refractivity contribution >= 4 is 0 Å². The lowest BCUT2D eigenvalue weighted by atomic mass is 10.1. The maximum absolute atomic E-state index is 11.8. The molecule has 0 rings (SSSR count). The highest BCUT2D eigenvalue weighted by molar-refractivity contribution is 5.14. The zero-order chi connectivity index (χ0) is 11.9. The first-order valence-corrected chi connectivity index (χ1v) is 4.90. The van der Waals surface area contributed by atoms with Crippen molar-refractivity contribution in [3.05, 3.63) is 24.0 Å². The van der Waals surface area contributed by atoms with Gasteiger partial charge in [-0.25, -0.2) is 0 Å². The zero-order valence-electron chi connectivity index (χ0n) is 9.16. The molecule has 0 aliphatic rings. The molecule has 0 aromatic carbocycles. The fourth-order valence-corrected chi connectivity index (χ4v) is 1.02. The maximum atomic E-state index is 11.8. The summed E-state index contributed by atoms with van der Waals surface area (Å²) in [7, 11) is 0. The van der Waals surface area contributed by atoms with Crippen molar-refractivity contribution in [1.29, 1.82) is 0 Å². The smallest absolute Gasteiger partial charge is 0.422 e. The van der Waals surface area contributed by atoms with Crippen molar-refractivity contribution in [1.82, 2.24) is 0 Å². The van der Waals surface area contributed by atoms with E-state index in [0.717, 1.165) is 24.8 Å². The summed E-state index contributed by atoms with van der Waals surface area (Å²) >= 11 is 0. The normalized spacial score (nSPS) is 12.7. The molecule has 0 heterocycles. The van der Waals surface area contributed by atoms with Gasteiger partial charge in [-0.3, -0.25) is 0 Å². The first-order chi connectivity index (χ1) is 6.85. The van der Waals surface area contributed by atoms with Gasteiger partial charge in [0.25, 0.3) is 0 Å². The molecule has 0 radical (unpaired) electrons. The van der Waals surface area contributed by atoms with Gasteiger partial charge in [-0.15, -0.1) is 0 Å². The van der Waals surface area contributed by atoms with Gasteiger partial charge in [0.2, 0.25) is 0 Å². The minimum atomic E-state index is -4.30. The van der Waals surface area contributed by atoms with Gasteiger partial charge in [0, 0.05) is 0 Å². The number of ether oxygens (including phenoxy) is 1. The highest BCUT2D eigenvalue weighted by Gasteiger charge is 2.28. The van der Waals surface area contributed by atoms with Crippen molar-refractivity contribution < 1.29 is 17.9 Å². The Labute approximate surface area is 88.6 Å². The third-order valence-electron chi connectivity index (χ3n) is 1.75. The lowest BCUT2D eigenvalue weighted by molar-refractivity contribution is -0.163. The SMILES string of the molecule is C=C(/C=C(\C)CCCC)OCC(F)(F)F. The fourth-order valence-electron chi connectivity index (χ4n) is 1.02. The van der Waals surface area contributed by atoms with Crippen LogP contribution in [0.3, 0.4) is 0 Å². The maximum Gasteiger partial charge on any atom is 0.422 e. The summed E-state index contributed by atoms with van der Waals surface area (Å²) in [6.07, 6.45) is 0.205.